The van der Waals surface area contributed by atoms with Gasteiger partial charge in [-0.05, 0) is 25.0 Å². The lowest BCUT2D eigenvalue weighted by Crippen LogP contribution is -2.35. The van der Waals surface area contributed by atoms with Gasteiger partial charge >= 0.3 is 0 Å². The summed E-state index contributed by atoms with van der Waals surface area (Å²) < 4.78 is 37.8. The minimum atomic E-state index is -0.706. The third-order valence-corrected chi connectivity index (χ3v) is 4.40. The average molecular weight is 259 g/mol. The van der Waals surface area contributed by atoms with Crippen LogP contribution >= 0.6 is 0 Å². The van der Waals surface area contributed by atoms with Crippen molar-refractivity contribution in [1.29, 1.82) is 0 Å². The van der Waals surface area contributed by atoms with E-state index < -0.39 is 22.4 Å². The highest BCUT2D eigenvalue weighted by atomic mass is 32.2. The molecule has 2 nitrogen and oxygen atoms in total. The first-order valence-electron chi connectivity index (χ1n) is 5.68. The van der Waals surface area contributed by atoms with Gasteiger partial charge in [-0.3, -0.25) is 4.21 Å². The van der Waals surface area contributed by atoms with Crippen molar-refractivity contribution in [3.63, 3.8) is 0 Å². The maximum absolute atomic E-state index is 13.3. The molecule has 0 radical (unpaired) electrons. The molecule has 0 unspecified atom stereocenters. The lowest BCUT2D eigenvalue weighted by molar-refractivity contribution is 0.455. The van der Waals surface area contributed by atoms with Gasteiger partial charge in [-0.2, -0.15) is 0 Å². The lowest BCUT2D eigenvalue weighted by atomic mass is 10.1. The zero-order chi connectivity index (χ0) is 12.3. The Bertz CT molecular complexity index is 395. The van der Waals surface area contributed by atoms with E-state index in [2.05, 4.69) is 5.32 Å². The summed E-state index contributed by atoms with van der Waals surface area (Å²) in [5.41, 5.74) is 0.0826. The summed E-state index contributed by atoms with van der Waals surface area (Å²) in [5.74, 6) is 0.322. The van der Waals surface area contributed by atoms with Crippen LogP contribution in [-0.4, -0.2) is 21.8 Å². The van der Waals surface area contributed by atoms with Crippen LogP contribution in [-0.2, 0) is 17.3 Å². The second kappa shape index (κ2) is 5.69. The number of hydrogen-bond donors (Lipinski definition) is 1. The maximum atomic E-state index is 13.3. The highest BCUT2D eigenvalue weighted by Gasteiger charge is 2.18. The first kappa shape index (κ1) is 12.6. The quantitative estimate of drug-likeness (QED) is 0.899. The second-order valence-corrected chi connectivity index (χ2v) is 5.90. The molecule has 1 aliphatic rings. The highest BCUT2D eigenvalue weighted by molar-refractivity contribution is 7.85. The van der Waals surface area contributed by atoms with Crippen LogP contribution in [0.3, 0.4) is 0 Å². The van der Waals surface area contributed by atoms with Gasteiger partial charge in [0.2, 0.25) is 0 Å². The van der Waals surface area contributed by atoms with Crippen molar-refractivity contribution in [3.8, 4) is 0 Å². The summed E-state index contributed by atoms with van der Waals surface area (Å²) in [6.07, 6.45) is 1.62. The number of hydrogen-bond acceptors (Lipinski definition) is 2. The Morgan fingerprint density at radius 2 is 1.82 bits per heavy atom. The SMILES string of the molecule is O=S1CCC(NCc2c(F)cccc2F)CC1. The molecule has 1 N–H and O–H groups in total. The van der Waals surface area contributed by atoms with Crippen molar-refractivity contribution in [3.05, 3.63) is 35.4 Å². The standard InChI is InChI=1S/C12H15F2NOS/c13-11-2-1-3-12(14)10(11)8-15-9-4-6-17(16)7-5-9/h1-3,9,15H,4-8H2. The maximum Gasteiger partial charge on any atom is 0.130 e. The molecule has 1 aromatic rings. The monoisotopic (exact) mass is 259 g/mol. The normalized spacial score (nSPS) is 24.8. The van der Waals surface area contributed by atoms with E-state index in [4.69, 9.17) is 0 Å². The molecule has 1 fully saturated rings. The average Bonchev–Trinajstić information content (AvgIpc) is 2.31. The fraction of sp³-hybridized carbons (Fsp3) is 0.500. The van der Waals surface area contributed by atoms with Gasteiger partial charge < -0.3 is 5.32 Å². The number of benzene rings is 1. The van der Waals surface area contributed by atoms with Crippen LogP contribution in [0.2, 0.25) is 0 Å². The van der Waals surface area contributed by atoms with Crippen LogP contribution in [0.25, 0.3) is 0 Å². The molecule has 5 heteroatoms. The largest absolute Gasteiger partial charge is 0.310 e. The van der Waals surface area contributed by atoms with Gasteiger partial charge in [0, 0.05) is 40.5 Å². The topological polar surface area (TPSA) is 29.1 Å². The molecular formula is C12H15F2NOS. The molecule has 0 saturated carbocycles. The van der Waals surface area contributed by atoms with Crippen molar-refractivity contribution in [2.45, 2.75) is 25.4 Å². The molecule has 0 aliphatic carbocycles. The summed E-state index contributed by atoms with van der Waals surface area (Å²) in [4.78, 5) is 0. The van der Waals surface area contributed by atoms with Crippen LogP contribution in [0.15, 0.2) is 18.2 Å². The van der Waals surface area contributed by atoms with Crippen LogP contribution in [0.4, 0.5) is 8.78 Å². The van der Waals surface area contributed by atoms with E-state index in [0.717, 1.165) is 12.8 Å². The van der Waals surface area contributed by atoms with E-state index in [1.165, 1.54) is 18.2 Å². The van der Waals surface area contributed by atoms with E-state index in [-0.39, 0.29) is 18.2 Å². The fourth-order valence-electron chi connectivity index (χ4n) is 1.95. The highest BCUT2D eigenvalue weighted by Crippen LogP contribution is 2.14. The zero-order valence-corrected chi connectivity index (χ0v) is 10.2. The first-order valence-corrected chi connectivity index (χ1v) is 7.17. The van der Waals surface area contributed by atoms with Gasteiger partial charge in [-0.1, -0.05) is 6.07 Å². The van der Waals surface area contributed by atoms with E-state index >= 15 is 0 Å². The molecule has 94 valence electrons. The van der Waals surface area contributed by atoms with Crippen LogP contribution in [0, 0.1) is 11.6 Å². The van der Waals surface area contributed by atoms with Crippen LogP contribution in [0.1, 0.15) is 18.4 Å². The molecule has 0 atom stereocenters. The molecule has 0 bridgehead atoms. The summed E-state index contributed by atoms with van der Waals surface area (Å²) in [7, 11) is -0.706. The number of halogens is 2. The van der Waals surface area contributed by atoms with Crippen molar-refractivity contribution >= 4 is 10.8 Å². The van der Waals surface area contributed by atoms with E-state index in [0.29, 0.717) is 11.5 Å². The molecule has 0 aromatic heterocycles. The first-order chi connectivity index (χ1) is 8.16. The molecule has 2 rings (SSSR count). The zero-order valence-electron chi connectivity index (χ0n) is 9.42. The Labute approximate surface area is 102 Å². The van der Waals surface area contributed by atoms with Gasteiger partial charge in [0.05, 0.1) is 0 Å². The predicted octanol–water partition coefficient (Wildman–Crippen LogP) is 1.97. The molecular weight excluding hydrogens is 244 g/mol. The Kier molecular flexibility index (Phi) is 4.23. The lowest BCUT2D eigenvalue weighted by Gasteiger charge is -2.22. The predicted molar refractivity (Wildman–Crippen MR) is 64.1 cm³/mol. The van der Waals surface area contributed by atoms with Crippen molar-refractivity contribution < 1.29 is 13.0 Å². The number of nitrogens with one attached hydrogen (secondary N) is 1. The Morgan fingerprint density at radius 1 is 1.24 bits per heavy atom. The van der Waals surface area contributed by atoms with Gasteiger partial charge in [-0.25, -0.2) is 8.78 Å². The van der Waals surface area contributed by atoms with Crippen molar-refractivity contribution in [1.82, 2.24) is 5.32 Å². The summed E-state index contributed by atoms with van der Waals surface area (Å²) in [6, 6.07) is 4.09. The Hall–Kier alpha value is -0.810. The van der Waals surface area contributed by atoms with E-state index in [1.54, 1.807) is 0 Å². The van der Waals surface area contributed by atoms with E-state index in [1.807, 2.05) is 0 Å². The molecule has 0 amide bonds. The number of rotatable bonds is 3. The van der Waals surface area contributed by atoms with Gasteiger partial charge in [0.25, 0.3) is 0 Å². The molecule has 1 saturated heterocycles. The van der Waals surface area contributed by atoms with Gasteiger partial charge in [-0.15, -0.1) is 0 Å². The Balaban J connectivity index is 1.91. The minimum Gasteiger partial charge on any atom is -0.310 e. The van der Waals surface area contributed by atoms with Crippen molar-refractivity contribution in [2.24, 2.45) is 0 Å². The van der Waals surface area contributed by atoms with Gasteiger partial charge in [0.1, 0.15) is 11.6 Å². The van der Waals surface area contributed by atoms with Gasteiger partial charge in [0.15, 0.2) is 0 Å². The van der Waals surface area contributed by atoms with Crippen LogP contribution in [0.5, 0.6) is 0 Å². The summed E-state index contributed by atoms with van der Waals surface area (Å²) in [5, 5.41) is 3.13. The van der Waals surface area contributed by atoms with Crippen LogP contribution < -0.4 is 5.32 Å². The minimum absolute atomic E-state index is 0.0826. The molecule has 1 aromatic carbocycles. The summed E-state index contributed by atoms with van der Waals surface area (Å²) in [6.45, 7) is 0.190. The molecule has 17 heavy (non-hydrogen) atoms. The third kappa shape index (κ3) is 3.33. The smallest absolute Gasteiger partial charge is 0.130 e. The molecule has 1 heterocycles. The van der Waals surface area contributed by atoms with E-state index in [9.17, 15) is 13.0 Å². The fourth-order valence-corrected chi connectivity index (χ4v) is 3.24. The third-order valence-electron chi connectivity index (χ3n) is 3.02. The second-order valence-electron chi connectivity index (χ2n) is 4.20. The molecule has 1 aliphatic heterocycles. The summed E-state index contributed by atoms with van der Waals surface area (Å²) >= 11 is 0. The molecule has 0 spiro atoms. The Morgan fingerprint density at radius 3 is 2.41 bits per heavy atom. The van der Waals surface area contributed by atoms with Crippen molar-refractivity contribution in [2.75, 3.05) is 11.5 Å².